The fourth-order valence-electron chi connectivity index (χ4n) is 3.02. The van der Waals surface area contributed by atoms with Crippen LogP contribution in [0.4, 0.5) is 15.1 Å². The molecule has 4 rings (SSSR count). The Morgan fingerprint density at radius 1 is 1.23 bits per heavy atom. The first-order chi connectivity index (χ1) is 12.5. The molecule has 1 aromatic carbocycles. The van der Waals surface area contributed by atoms with Crippen molar-refractivity contribution in [2.24, 2.45) is 0 Å². The molecule has 1 aliphatic heterocycles. The summed E-state index contributed by atoms with van der Waals surface area (Å²) in [5.41, 5.74) is 0.245. The third-order valence-corrected chi connectivity index (χ3v) is 8.08. The summed E-state index contributed by atoms with van der Waals surface area (Å²) in [7, 11) is -3.68. The van der Waals surface area contributed by atoms with Crippen molar-refractivity contribution in [3.63, 3.8) is 0 Å². The highest BCUT2D eigenvalue weighted by Crippen LogP contribution is 2.41. The molecule has 0 radical (unpaired) electrons. The number of hydrogen-bond acceptors (Lipinski definition) is 5. The van der Waals surface area contributed by atoms with Crippen LogP contribution < -0.4 is 5.32 Å². The van der Waals surface area contributed by atoms with Gasteiger partial charge >= 0.3 is 0 Å². The first-order valence-corrected chi connectivity index (χ1v) is 11.4. The predicted molar refractivity (Wildman–Crippen MR) is 110 cm³/mol. The van der Waals surface area contributed by atoms with E-state index < -0.39 is 15.8 Å². The summed E-state index contributed by atoms with van der Waals surface area (Å²) in [6.07, 6.45) is 3.34. The number of benzene rings is 1. The first-order valence-electron chi connectivity index (χ1n) is 8.06. The van der Waals surface area contributed by atoms with Crippen molar-refractivity contribution in [2.45, 2.75) is 17.7 Å². The van der Waals surface area contributed by atoms with Gasteiger partial charge in [0.1, 0.15) is 20.5 Å². The van der Waals surface area contributed by atoms with Crippen molar-refractivity contribution in [3.05, 3.63) is 45.9 Å². The Morgan fingerprint density at radius 2 is 2.00 bits per heavy atom. The number of pyridine rings is 1. The van der Waals surface area contributed by atoms with Crippen LogP contribution in [-0.2, 0) is 10.0 Å². The van der Waals surface area contributed by atoms with Gasteiger partial charge in [-0.05, 0) is 65.8 Å². The molecule has 0 saturated carbocycles. The van der Waals surface area contributed by atoms with Crippen molar-refractivity contribution in [2.75, 3.05) is 18.4 Å². The number of halogens is 2. The molecular formula is C17H15FIN3O2S2. The number of nitrogens with one attached hydrogen (secondary N) is 1. The van der Waals surface area contributed by atoms with Crippen LogP contribution in [0.3, 0.4) is 0 Å². The highest BCUT2D eigenvalue weighted by Gasteiger charge is 2.33. The molecule has 5 nitrogen and oxygen atoms in total. The minimum atomic E-state index is -3.68. The molecule has 0 aliphatic carbocycles. The van der Waals surface area contributed by atoms with Gasteiger partial charge in [0.05, 0.1) is 5.69 Å². The molecule has 9 heteroatoms. The van der Waals surface area contributed by atoms with E-state index in [-0.39, 0.29) is 10.6 Å². The predicted octanol–water partition coefficient (Wildman–Crippen LogP) is 4.57. The van der Waals surface area contributed by atoms with E-state index >= 15 is 0 Å². The van der Waals surface area contributed by atoms with E-state index in [1.165, 1.54) is 21.7 Å². The molecular weight excluding hydrogens is 488 g/mol. The van der Waals surface area contributed by atoms with Crippen LogP contribution in [0.5, 0.6) is 0 Å². The molecule has 0 unspecified atom stereocenters. The van der Waals surface area contributed by atoms with Crippen LogP contribution in [0.1, 0.15) is 12.8 Å². The standard InChI is InChI=1S/C17H15FIN3O2S2/c18-13-10-11(19)5-6-14(13)21-17-15(12-4-3-7-20-16(12)25-17)26(23,24)22-8-1-2-9-22/h3-7,10,21H,1-2,8-9H2. The average molecular weight is 503 g/mol. The fraction of sp³-hybridized carbons (Fsp3) is 0.235. The number of nitrogens with zero attached hydrogens (tertiary/aromatic N) is 2. The summed E-state index contributed by atoms with van der Waals surface area (Å²) in [5.74, 6) is -0.424. The van der Waals surface area contributed by atoms with E-state index in [4.69, 9.17) is 0 Å². The van der Waals surface area contributed by atoms with E-state index in [9.17, 15) is 12.8 Å². The zero-order valence-corrected chi connectivity index (χ0v) is 17.4. The fourth-order valence-corrected chi connectivity index (χ4v) is 6.65. The van der Waals surface area contributed by atoms with Crippen LogP contribution in [0, 0.1) is 9.39 Å². The molecule has 1 saturated heterocycles. The number of anilines is 2. The van der Waals surface area contributed by atoms with E-state index in [2.05, 4.69) is 10.3 Å². The van der Waals surface area contributed by atoms with Gasteiger partial charge in [-0.15, -0.1) is 0 Å². The molecule has 2 aromatic heterocycles. The van der Waals surface area contributed by atoms with Crippen LogP contribution in [0.15, 0.2) is 41.4 Å². The lowest BCUT2D eigenvalue weighted by atomic mass is 10.3. The summed E-state index contributed by atoms with van der Waals surface area (Å²) in [5, 5.41) is 3.94. The Bertz CT molecular complexity index is 1080. The largest absolute Gasteiger partial charge is 0.344 e. The third-order valence-electron chi connectivity index (χ3n) is 4.26. The van der Waals surface area contributed by atoms with Gasteiger partial charge in [0, 0.05) is 28.2 Å². The van der Waals surface area contributed by atoms with Gasteiger partial charge in [-0.1, -0.05) is 11.3 Å². The number of aromatic nitrogens is 1. The number of thiophene rings is 1. The second-order valence-electron chi connectivity index (χ2n) is 5.98. The molecule has 3 aromatic rings. The van der Waals surface area contributed by atoms with E-state index in [1.807, 2.05) is 22.6 Å². The molecule has 136 valence electrons. The van der Waals surface area contributed by atoms with Gasteiger partial charge in [0.15, 0.2) is 0 Å². The number of hydrogen-bond donors (Lipinski definition) is 1. The zero-order valence-electron chi connectivity index (χ0n) is 13.6. The lowest BCUT2D eigenvalue weighted by molar-refractivity contribution is 0.479. The normalized spacial score (nSPS) is 15.6. The lowest BCUT2D eigenvalue weighted by Gasteiger charge is -2.17. The van der Waals surface area contributed by atoms with Gasteiger partial charge in [0.25, 0.3) is 0 Å². The van der Waals surface area contributed by atoms with Gasteiger partial charge in [0.2, 0.25) is 10.0 Å². The Kier molecular flexibility index (Phi) is 4.88. The molecule has 26 heavy (non-hydrogen) atoms. The Labute approximate surface area is 168 Å². The van der Waals surface area contributed by atoms with Crippen LogP contribution in [-0.4, -0.2) is 30.8 Å². The molecule has 1 fully saturated rings. The summed E-state index contributed by atoms with van der Waals surface area (Å²) >= 11 is 3.25. The second kappa shape index (κ2) is 7.02. The van der Waals surface area contributed by atoms with Crippen LogP contribution in [0.2, 0.25) is 0 Å². The number of sulfonamides is 1. The minimum absolute atomic E-state index is 0.186. The monoisotopic (exact) mass is 503 g/mol. The highest BCUT2D eigenvalue weighted by atomic mass is 127. The number of rotatable bonds is 4. The van der Waals surface area contributed by atoms with Gasteiger partial charge in [-0.3, -0.25) is 0 Å². The maximum atomic E-state index is 14.3. The van der Waals surface area contributed by atoms with E-state index in [1.54, 1.807) is 30.5 Å². The highest BCUT2D eigenvalue weighted by molar-refractivity contribution is 14.1. The SMILES string of the molecule is O=S(=O)(c1c(Nc2ccc(I)cc2F)sc2ncccc12)N1CCCC1. The summed E-state index contributed by atoms with van der Waals surface area (Å²) < 4.78 is 43.0. The van der Waals surface area contributed by atoms with Crippen molar-refractivity contribution >= 4 is 64.9 Å². The molecule has 0 amide bonds. The molecule has 3 heterocycles. The van der Waals surface area contributed by atoms with Gasteiger partial charge < -0.3 is 5.32 Å². The maximum absolute atomic E-state index is 14.3. The van der Waals surface area contributed by atoms with Crippen LogP contribution >= 0.6 is 33.9 Å². The summed E-state index contributed by atoms with van der Waals surface area (Å²) in [4.78, 5) is 5.08. The van der Waals surface area contributed by atoms with Crippen molar-refractivity contribution in [1.82, 2.24) is 9.29 Å². The quantitative estimate of drug-likeness (QED) is 0.531. The zero-order chi connectivity index (χ0) is 18.3. The third kappa shape index (κ3) is 3.21. The summed E-state index contributed by atoms with van der Waals surface area (Å²) in [6, 6.07) is 8.25. The van der Waals surface area contributed by atoms with E-state index in [0.717, 1.165) is 16.4 Å². The molecule has 0 atom stereocenters. The Hall–Kier alpha value is -1.30. The summed E-state index contributed by atoms with van der Waals surface area (Å²) in [6.45, 7) is 1.02. The Balaban J connectivity index is 1.86. The average Bonchev–Trinajstić information content (AvgIpc) is 3.25. The lowest BCUT2D eigenvalue weighted by Crippen LogP contribution is -2.28. The molecule has 1 N–H and O–H groups in total. The number of fused-ring (bicyclic) bond motifs is 1. The van der Waals surface area contributed by atoms with E-state index in [0.29, 0.717) is 28.3 Å². The topological polar surface area (TPSA) is 62.3 Å². The van der Waals surface area contributed by atoms with Crippen LogP contribution in [0.25, 0.3) is 10.2 Å². The molecule has 0 spiro atoms. The molecule has 0 bridgehead atoms. The molecule has 1 aliphatic rings. The first kappa shape index (κ1) is 18.1. The Morgan fingerprint density at radius 3 is 2.73 bits per heavy atom. The smallest absolute Gasteiger partial charge is 0.246 e. The minimum Gasteiger partial charge on any atom is -0.344 e. The second-order valence-corrected chi connectivity index (χ2v) is 10.1. The van der Waals surface area contributed by atoms with Gasteiger partial charge in [-0.2, -0.15) is 4.31 Å². The van der Waals surface area contributed by atoms with Crippen molar-refractivity contribution in [3.8, 4) is 0 Å². The van der Waals surface area contributed by atoms with Crippen molar-refractivity contribution < 1.29 is 12.8 Å². The van der Waals surface area contributed by atoms with Crippen molar-refractivity contribution in [1.29, 1.82) is 0 Å². The van der Waals surface area contributed by atoms with Gasteiger partial charge in [-0.25, -0.2) is 17.8 Å². The maximum Gasteiger partial charge on any atom is 0.246 e.